The zero-order chi connectivity index (χ0) is 24.8. The van der Waals surface area contributed by atoms with E-state index in [0.717, 1.165) is 34.0 Å². The molecule has 35 heavy (non-hydrogen) atoms. The summed E-state index contributed by atoms with van der Waals surface area (Å²) >= 11 is 1.32. The van der Waals surface area contributed by atoms with Gasteiger partial charge in [-0.05, 0) is 80.4 Å². The lowest BCUT2D eigenvalue weighted by Crippen LogP contribution is -2.15. The van der Waals surface area contributed by atoms with Crippen LogP contribution in [-0.4, -0.2) is 33.5 Å². The number of hydrogen-bond donors (Lipinski definition) is 1. The highest BCUT2D eigenvalue weighted by molar-refractivity contribution is 7.99. The maximum atomic E-state index is 12.6. The predicted octanol–water partition coefficient (Wildman–Crippen LogP) is 5.51. The monoisotopic (exact) mass is 488 g/mol. The molecule has 0 spiro atoms. The van der Waals surface area contributed by atoms with Gasteiger partial charge in [0, 0.05) is 11.4 Å². The number of aromatic nitrogens is 3. The van der Waals surface area contributed by atoms with Crippen LogP contribution >= 0.6 is 11.8 Å². The zero-order valence-electron chi connectivity index (χ0n) is 20.2. The van der Waals surface area contributed by atoms with Crippen LogP contribution < -0.4 is 14.8 Å². The maximum absolute atomic E-state index is 12.6. The van der Waals surface area contributed by atoms with E-state index < -0.39 is 0 Å². The van der Waals surface area contributed by atoms with Crippen LogP contribution in [0, 0.1) is 20.8 Å². The molecule has 7 nitrogen and oxygen atoms in total. The van der Waals surface area contributed by atoms with E-state index in [4.69, 9.17) is 9.47 Å². The molecule has 0 aliphatic carbocycles. The number of nitrogens with one attached hydrogen (secondary N) is 1. The van der Waals surface area contributed by atoms with Crippen molar-refractivity contribution >= 4 is 23.4 Å². The molecule has 1 heterocycles. The Morgan fingerprint density at radius 3 is 2.31 bits per heavy atom. The zero-order valence-corrected chi connectivity index (χ0v) is 21.1. The Morgan fingerprint density at radius 1 is 0.914 bits per heavy atom. The van der Waals surface area contributed by atoms with E-state index in [2.05, 4.69) is 15.5 Å². The molecule has 0 fully saturated rings. The predicted molar refractivity (Wildman–Crippen MR) is 139 cm³/mol. The van der Waals surface area contributed by atoms with Crippen LogP contribution in [0.15, 0.2) is 71.9 Å². The molecule has 4 rings (SSSR count). The van der Waals surface area contributed by atoms with E-state index in [1.807, 2.05) is 92.1 Å². The quantitative estimate of drug-likeness (QED) is 0.313. The second kappa shape index (κ2) is 11.1. The summed E-state index contributed by atoms with van der Waals surface area (Å²) in [5, 5.41) is 12.3. The first-order valence-electron chi connectivity index (χ1n) is 11.2. The molecule has 0 saturated heterocycles. The Bertz CT molecular complexity index is 1300. The molecule has 0 saturated carbocycles. The molecule has 0 unspecified atom stereocenters. The Morgan fingerprint density at radius 2 is 1.63 bits per heavy atom. The van der Waals surface area contributed by atoms with Crippen molar-refractivity contribution in [1.82, 2.24) is 14.8 Å². The number of anilines is 1. The smallest absolute Gasteiger partial charge is 0.234 e. The van der Waals surface area contributed by atoms with Crippen molar-refractivity contribution < 1.29 is 14.3 Å². The molecule has 0 aliphatic heterocycles. The Hall–Kier alpha value is -3.78. The summed E-state index contributed by atoms with van der Waals surface area (Å²) in [5.41, 5.74) is 5.12. The van der Waals surface area contributed by atoms with Crippen LogP contribution in [-0.2, 0) is 11.4 Å². The SMILES string of the molecule is COc1ccc(-n2c(COc3ccc(C)cc3)nnc2SCC(=O)Nc2ccc(C)c(C)c2)cc1. The first kappa shape index (κ1) is 24.3. The van der Waals surface area contributed by atoms with Gasteiger partial charge in [0.1, 0.15) is 18.1 Å². The highest BCUT2D eigenvalue weighted by Crippen LogP contribution is 2.25. The van der Waals surface area contributed by atoms with Crippen LogP contribution in [0.3, 0.4) is 0 Å². The van der Waals surface area contributed by atoms with E-state index in [9.17, 15) is 4.79 Å². The molecule has 3 aromatic carbocycles. The number of benzene rings is 3. The van der Waals surface area contributed by atoms with E-state index >= 15 is 0 Å². The maximum Gasteiger partial charge on any atom is 0.234 e. The Kier molecular flexibility index (Phi) is 7.72. The Balaban J connectivity index is 1.51. The van der Waals surface area contributed by atoms with Gasteiger partial charge in [0.15, 0.2) is 11.0 Å². The van der Waals surface area contributed by atoms with Crippen LogP contribution in [0.25, 0.3) is 5.69 Å². The number of hydrogen-bond acceptors (Lipinski definition) is 6. The molecule has 4 aromatic rings. The second-order valence-electron chi connectivity index (χ2n) is 8.17. The molecular weight excluding hydrogens is 460 g/mol. The van der Waals surface area contributed by atoms with E-state index in [1.165, 1.54) is 17.3 Å². The lowest BCUT2D eigenvalue weighted by atomic mass is 10.1. The summed E-state index contributed by atoms with van der Waals surface area (Å²) in [4.78, 5) is 12.6. The third kappa shape index (κ3) is 6.22. The molecular formula is C27H28N4O3S. The summed E-state index contributed by atoms with van der Waals surface area (Å²) < 4.78 is 13.2. The van der Waals surface area contributed by atoms with Gasteiger partial charge < -0.3 is 14.8 Å². The molecule has 1 N–H and O–H groups in total. The van der Waals surface area contributed by atoms with Crippen LogP contribution in [0.1, 0.15) is 22.5 Å². The van der Waals surface area contributed by atoms with Gasteiger partial charge in [-0.25, -0.2) is 0 Å². The standard InChI is InChI=1S/C27H28N4O3S/c1-18-5-11-24(12-6-18)34-16-25-29-30-27(31(25)22-9-13-23(33-4)14-10-22)35-17-26(32)28-21-8-7-19(2)20(3)15-21/h5-15H,16-17H2,1-4H3,(H,28,32). The number of rotatable bonds is 9. The number of thioether (sulfide) groups is 1. The number of ether oxygens (including phenoxy) is 2. The lowest BCUT2D eigenvalue weighted by Gasteiger charge is -2.12. The van der Waals surface area contributed by atoms with Crippen molar-refractivity contribution in [2.45, 2.75) is 32.5 Å². The molecule has 180 valence electrons. The number of carbonyl (C=O) groups is 1. The number of aryl methyl sites for hydroxylation is 3. The van der Waals surface area contributed by atoms with Crippen molar-refractivity contribution in [2.75, 3.05) is 18.2 Å². The molecule has 8 heteroatoms. The number of amides is 1. The third-order valence-electron chi connectivity index (χ3n) is 5.54. The fraction of sp³-hybridized carbons (Fsp3) is 0.222. The molecule has 0 atom stereocenters. The summed E-state index contributed by atoms with van der Waals surface area (Å²) in [6, 6.07) is 21.3. The topological polar surface area (TPSA) is 78.3 Å². The van der Waals surface area contributed by atoms with Gasteiger partial charge in [-0.3, -0.25) is 9.36 Å². The minimum absolute atomic E-state index is 0.111. The van der Waals surface area contributed by atoms with E-state index in [-0.39, 0.29) is 18.3 Å². The van der Waals surface area contributed by atoms with Crippen molar-refractivity contribution in [3.05, 3.63) is 89.2 Å². The largest absolute Gasteiger partial charge is 0.497 e. The minimum Gasteiger partial charge on any atom is -0.497 e. The normalized spacial score (nSPS) is 10.7. The van der Waals surface area contributed by atoms with Crippen molar-refractivity contribution in [2.24, 2.45) is 0 Å². The van der Waals surface area contributed by atoms with Gasteiger partial charge in [0.25, 0.3) is 0 Å². The van der Waals surface area contributed by atoms with Crippen LogP contribution in [0.4, 0.5) is 5.69 Å². The summed E-state index contributed by atoms with van der Waals surface area (Å²) in [5.74, 6) is 2.22. The molecule has 0 bridgehead atoms. The average molecular weight is 489 g/mol. The summed E-state index contributed by atoms with van der Waals surface area (Å²) in [6.45, 7) is 6.33. The van der Waals surface area contributed by atoms with Gasteiger partial charge in [-0.15, -0.1) is 10.2 Å². The van der Waals surface area contributed by atoms with Gasteiger partial charge in [0.05, 0.1) is 12.9 Å². The van der Waals surface area contributed by atoms with Gasteiger partial charge in [-0.2, -0.15) is 0 Å². The molecule has 0 radical (unpaired) electrons. The number of carbonyl (C=O) groups excluding carboxylic acids is 1. The van der Waals surface area contributed by atoms with Crippen molar-refractivity contribution in [3.63, 3.8) is 0 Å². The first-order chi connectivity index (χ1) is 16.9. The average Bonchev–Trinajstić information content (AvgIpc) is 3.27. The van der Waals surface area contributed by atoms with Gasteiger partial charge in [0.2, 0.25) is 5.91 Å². The Labute approximate surface area is 209 Å². The van der Waals surface area contributed by atoms with Crippen LogP contribution in [0.2, 0.25) is 0 Å². The van der Waals surface area contributed by atoms with E-state index in [1.54, 1.807) is 7.11 Å². The highest BCUT2D eigenvalue weighted by Gasteiger charge is 2.17. The first-order valence-corrected chi connectivity index (χ1v) is 12.2. The number of methoxy groups -OCH3 is 1. The van der Waals surface area contributed by atoms with E-state index in [0.29, 0.717) is 11.0 Å². The van der Waals surface area contributed by atoms with Gasteiger partial charge in [-0.1, -0.05) is 35.5 Å². The van der Waals surface area contributed by atoms with Crippen molar-refractivity contribution in [3.8, 4) is 17.2 Å². The second-order valence-corrected chi connectivity index (χ2v) is 9.11. The molecule has 1 amide bonds. The summed E-state index contributed by atoms with van der Waals surface area (Å²) in [6.07, 6.45) is 0. The molecule has 1 aromatic heterocycles. The fourth-order valence-corrected chi connectivity index (χ4v) is 4.18. The van der Waals surface area contributed by atoms with Gasteiger partial charge >= 0.3 is 0 Å². The van der Waals surface area contributed by atoms with Crippen LogP contribution in [0.5, 0.6) is 11.5 Å². The highest BCUT2D eigenvalue weighted by atomic mass is 32.2. The number of nitrogens with zero attached hydrogens (tertiary/aromatic N) is 3. The summed E-state index contributed by atoms with van der Waals surface area (Å²) in [7, 11) is 1.63. The fourth-order valence-electron chi connectivity index (χ4n) is 3.41. The van der Waals surface area contributed by atoms with Crippen molar-refractivity contribution in [1.29, 1.82) is 0 Å². The third-order valence-corrected chi connectivity index (χ3v) is 6.47. The molecule has 0 aliphatic rings. The minimum atomic E-state index is -0.111. The lowest BCUT2D eigenvalue weighted by molar-refractivity contribution is -0.113.